The van der Waals surface area contributed by atoms with E-state index in [1.54, 1.807) is 4.68 Å². The van der Waals surface area contributed by atoms with Gasteiger partial charge in [-0.15, -0.1) is 0 Å². The molecule has 0 aliphatic heterocycles. The van der Waals surface area contributed by atoms with Crippen molar-refractivity contribution >= 4 is 11.6 Å². The molecule has 138 valence electrons. The van der Waals surface area contributed by atoms with E-state index in [0.29, 0.717) is 11.4 Å². The van der Waals surface area contributed by atoms with Crippen LogP contribution in [0.1, 0.15) is 33.7 Å². The van der Waals surface area contributed by atoms with E-state index in [4.69, 9.17) is 0 Å². The number of fused-ring (bicyclic) bond motifs is 1. The van der Waals surface area contributed by atoms with Gasteiger partial charge in [0.1, 0.15) is 0 Å². The largest absolute Gasteiger partial charge is 0.416 e. The molecule has 2 aromatic carbocycles. The lowest BCUT2D eigenvalue weighted by Crippen LogP contribution is -2.15. The molecule has 1 aliphatic carbocycles. The van der Waals surface area contributed by atoms with Crippen LogP contribution in [-0.2, 0) is 19.0 Å². The van der Waals surface area contributed by atoms with Gasteiger partial charge in [0.05, 0.1) is 11.3 Å². The number of carbonyl (C=O) groups is 1. The summed E-state index contributed by atoms with van der Waals surface area (Å²) in [5.41, 5.74) is 2.67. The van der Waals surface area contributed by atoms with E-state index >= 15 is 0 Å². The molecule has 1 heterocycles. The summed E-state index contributed by atoms with van der Waals surface area (Å²) < 4.78 is 39.8. The summed E-state index contributed by atoms with van der Waals surface area (Å²) in [4.78, 5) is 12.7. The van der Waals surface area contributed by atoms with Crippen molar-refractivity contribution in [2.75, 3.05) is 5.32 Å². The van der Waals surface area contributed by atoms with E-state index in [1.807, 2.05) is 30.3 Å². The molecular weight excluding hydrogens is 355 g/mol. The number of carbonyl (C=O) groups excluding carboxylic acids is 1. The first-order valence-electron chi connectivity index (χ1n) is 8.58. The normalized spacial score (nSPS) is 13.4. The molecule has 3 aromatic rings. The minimum Gasteiger partial charge on any atom is -0.321 e. The highest BCUT2D eigenvalue weighted by Gasteiger charge is 2.30. The number of para-hydroxylation sites is 1. The second-order valence-corrected chi connectivity index (χ2v) is 6.40. The van der Waals surface area contributed by atoms with Gasteiger partial charge in [0, 0.05) is 16.9 Å². The van der Waals surface area contributed by atoms with Crippen LogP contribution in [0.25, 0.3) is 5.69 Å². The summed E-state index contributed by atoms with van der Waals surface area (Å²) >= 11 is 0. The molecule has 4 nitrogen and oxygen atoms in total. The van der Waals surface area contributed by atoms with Gasteiger partial charge in [-0.1, -0.05) is 18.2 Å². The molecule has 0 saturated heterocycles. The summed E-state index contributed by atoms with van der Waals surface area (Å²) in [5.74, 6) is -0.414. The molecule has 1 N–H and O–H groups in total. The van der Waals surface area contributed by atoms with Gasteiger partial charge >= 0.3 is 6.18 Å². The van der Waals surface area contributed by atoms with Crippen molar-refractivity contribution in [2.45, 2.75) is 25.4 Å². The number of aromatic nitrogens is 2. The number of rotatable bonds is 3. The zero-order valence-electron chi connectivity index (χ0n) is 14.3. The van der Waals surface area contributed by atoms with E-state index in [1.165, 1.54) is 12.1 Å². The third-order valence-electron chi connectivity index (χ3n) is 4.62. The number of nitrogens with zero attached hydrogens (tertiary/aromatic N) is 2. The maximum Gasteiger partial charge on any atom is 0.416 e. The first-order chi connectivity index (χ1) is 12.9. The molecule has 4 rings (SSSR count). The van der Waals surface area contributed by atoms with Gasteiger partial charge < -0.3 is 5.32 Å². The van der Waals surface area contributed by atoms with E-state index in [0.717, 1.165) is 48.3 Å². The molecule has 0 radical (unpaired) electrons. The van der Waals surface area contributed by atoms with Crippen LogP contribution in [-0.4, -0.2) is 15.7 Å². The zero-order chi connectivity index (χ0) is 19.0. The predicted molar refractivity (Wildman–Crippen MR) is 95.0 cm³/mol. The zero-order valence-corrected chi connectivity index (χ0v) is 14.3. The maximum absolute atomic E-state index is 12.7. The molecular formula is C20H16F3N3O. The van der Waals surface area contributed by atoms with Crippen LogP contribution in [0, 0.1) is 0 Å². The summed E-state index contributed by atoms with van der Waals surface area (Å²) in [7, 11) is 0. The third-order valence-corrected chi connectivity index (χ3v) is 4.62. The van der Waals surface area contributed by atoms with E-state index in [2.05, 4.69) is 10.4 Å². The fourth-order valence-corrected chi connectivity index (χ4v) is 3.34. The Balaban J connectivity index is 1.61. The number of amides is 1. The monoisotopic (exact) mass is 371 g/mol. The molecule has 0 atom stereocenters. The van der Waals surface area contributed by atoms with Crippen molar-refractivity contribution in [1.82, 2.24) is 9.78 Å². The van der Waals surface area contributed by atoms with Gasteiger partial charge in [-0.25, -0.2) is 4.68 Å². The Morgan fingerprint density at radius 3 is 2.37 bits per heavy atom. The highest BCUT2D eigenvalue weighted by Crippen LogP contribution is 2.31. The number of anilines is 1. The first-order valence-corrected chi connectivity index (χ1v) is 8.58. The standard InChI is InChI=1S/C20H16F3N3O/c21-20(22,23)13-9-11-14(12-10-13)24-19(27)18-16-7-4-8-17(16)26(25-18)15-5-2-1-3-6-15/h1-3,5-6,9-12H,4,7-8H2,(H,24,27). The maximum atomic E-state index is 12.7. The molecule has 0 fully saturated rings. The molecule has 7 heteroatoms. The fraction of sp³-hybridized carbons (Fsp3) is 0.200. The van der Waals surface area contributed by atoms with Crippen molar-refractivity contribution in [3.63, 3.8) is 0 Å². The van der Waals surface area contributed by atoms with Gasteiger partial charge in [-0.05, 0) is 55.7 Å². The van der Waals surface area contributed by atoms with Crippen LogP contribution in [0.2, 0.25) is 0 Å². The van der Waals surface area contributed by atoms with Crippen LogP contribution in [0.3, 0.4) is 0 Å². The van der Waals surface area contributed by atoms with Gasteiger partial charge in [-0.2, -0.15) is 18.3 Å². The SMILES string of the molecule is O=C(Nc1ccc(C(F)(F)F)cc1)c1nn(-c2ccccc2)c2c1CCC2. The average Bonchev–Trinajstić information content (AvgIpc) is 3.24. The summed E-state index contributed by atoms with van der Waals surface area (Å²) in [6, 6.07) is 13.9. The number of nitrogens with one attached hydrogen (secondary N) is 1. The van der Waals surface area contributed by atoms with Crippen LogP contribution < -0.4 is 5.32 Å². The smallest absolute Gasteiger partial charge is 0.321 e. The minimum absolute atomic E-state index is 0.300. The summed E-state index contributed by atoms with van der Waals surface area (Å²) in [6.07, 6.45) is -1.86. The van der Waals surface area contributed by atoms with Crippen LogP contribution in [0.4, 0.5) is 18.9 Å². The highest BCUT2D eigenvalue weighted by atomic mass is 19.4. The summed E-state index contributed by atoms with van der Waals surface area (Å²) in [5, 5.41) is 7.13. The van der Waals surface area contributed by atoms with E-state index in [-0.39, 0.29) is 0 Å². The lowest BCUT2D eigenvalue weighted by atomic mass is 10.1. The molecule has 0 saturated carbocycles. The number of benzene rings is 2. The third kappa shape index (κ3) is 3.32. The second-order valence-electron chi connectivity index (χ2n) is 6.40. The molecule has 0 spiro atoms. The van der Waals surface area contributed by atoms with Crippen molar-refractivity contribution in [3.8, 4) is 5.69 Å². The fourth-order valence-electron chi connectivity index (χ4n) is 3.34. The topological polar surface area (TPSA) is 46.9 Å². The number of hydrogen-bond donors (Lipinski definition) is 1. The lowest BCUT2D eigenvalue weighted by Gasteiger charge is -2.08. The molecule has 0 bridgehead atoms. The first kappa shape index (κ1) is 17.3. The number of alkyl halides is 3. The van der Waals surface area contributed by atoms with Gasteiger partial charge in [0.25, 0.3) is 5.91 Å². The van der Waals surface area contributed by atoms with Crippen molar-refractivity contribution in [3.05, 3.63) is 77.1 Å². The molecule has 1 aliphatic rings. The van der Waals surface area contributed by atoms with Gasteiger partial charge in [0.2, 0.25) is 0 Å². The van der Waals surface area contributed by atoms with Crippen LogP contribution in [0.15, 0.2) is 54.6 Å². The Bertz CT molecular complexity index is 976. The molecule has 1 aromatic heterocycles. The van der Waals surface area contributed by atoms with E-state index < -0.39 is 17.6 Å². The van der Waals surface area contributed by atoms with Gasteiger partial charge in [-0.3, -0.25) is 4.79 Å². The summed E-state index contributed by atoms with van der Waals surface area (Å²) in [6.45, 7) is 0. The van der Waals surface area contributed by atoms with Crippen molar-refractivity contribution < 1.29 is 18.0 Å². The van der Waals surface area contributed by atoms with E-state index in [9.17, 15) is 18.0 Å². The molecule has 0 unspecified atom stereocenters. The molecule has 1 amide bonds. The van der Waals surface area contributed by atoms with Crippen LogP contribution in [0.5, 0.6) is 0 Å². The van der Waals surface area contributed by atoms with Crippen molar-refractivity contribution in [2.24, 2.45) is 0 Å². The second kappa shape index (κ2) is 6.57. The number of hydrogen-bond acceptors (Lipinski definition) is 2. The van der Waals surface area contributed by atoms with Crippen molar-refractivity contribution in [1.29, 1.82) is 0 Å². The Labute approximate surface area is 153 Å². The highest BCUT2D eigenvalue weighted by molar-refractivity contribution is 6.04. The lowest BCUT2D eigenvalue weighted by molar-refractivity contribution is -0.137. The van der Waals surface area contributed by atoms with Gasteiger partial charge in [0.15, 0.2) is 5.69 Å². The Hall–Kier alpha value is -3.09. The number of halogens is 3. The Morgan fingerprint density at radius 2 is 1.70 bits per heavy atom. The Kier molecular flexibility index (Phi) is 4.22. The van der Waals surface area contributed by atoms with Crippen LogP contribution >= 0.6 is 0 Å². The molecule has 27 heavy (non-hydrogen) atoms. The Morgan fingerprint density at radius 1 is 1.00 bits per heavy atom. The minimum atomic E-state index is -4.40. The quantitative estimate of drug-likeness (QED) is 0.730. The average molecular weight is 371 g/mol. The predicted octanol–water partition coefficient (Wildman–Crippen LogP) is 4.63.